The highest BCUT2D eigenvalue weighted by atomic mass is 16.5. The van der Waals surface area contributed by atoms with E-state index in [1.54, 1.807) is 13.8 Å². The molecule has 3 aliphatic heterocycles. The Balaban J connectivity index is 1.49. The van der Waals surface area contributed by atoms with Gasteiger partial charge < -0.3 is 34.6 Å². The highest BCUT2D eigenvalue weighted by molar-refractivity contribution is 5.90. The molecule has 5 heterocycles. The molecule has 14 nitrogen and oxygen atoms in total. The predicted octanol–water partition coefficient (Wildman–Crippen LogP) is 3.51. The number of nitrogens with one attached hydrogen (secondary N) is 4. The molecule has 4 aromatic rings. The molecule has 14 heteroatoms. The molecule has 3 aliphatic rings. The number of aliphatic hydroxyl groups is 1. The lowest BCUT2D eigenvalue weighted by atomic mass is 9.72. The van der Waals surface area contributed by atoms with E-state index in [1.165, 1.54) is 6.92 Å². The van der Waals surface area contributed by atoms with Crippen LogP contribution in [0.15, 0.2) is 51.3 Å². The Kier molecular flexibility index (Phi) is 7.67. The normalized spacial score (nSPS) is 22.4. The second kappa shape index (κ2) is 11.8. The third kappa shape index (κ3) is 5.08. The van der Waals surface area contributed by atoms with Crippen LogP contribution in [0.3, 0.4) is 0 Å². The second-order valence-corrected chi connectivity index (χ2v) is 13.2. The number of ether oxygens (including phenoxy) is 1. The fourth-order valence-corrected chi connectivity index (χ4v) is 6.75. The van der Waals surface area contributed by atoms with Crippen LogP contribution in [0, 0.1) is 23.2 Å². The van der Waals surface area contributed by atoms with Gasteiger partial charge in [0.1, 0.15) is 35.4 Å². The average Bonchev–Trinajstić information content (AvgIpc) is 3.81. The first-order valence-corrected chi connectivity index (χ1v) is 16.1. The fourth-order valence-electron chi connectivity index (χ4n) is 6.75. The third-order valence-corrected chi connectivity index (χ3v) is 9.18. The fraction of sp³-hybridized carbons (Fsp3) is 0.371. The maximum Gasteiger partial charge on any atom is 0.252 e. The smallest absolute Gasteiger partial charge is 0.252 e. The van der Waals surface area contributed by atoms with Crippen molar-refractivity contribution in [2.75, 3.05) is 10.6 Å². The summed E-state index contributed by atoms with van der Waals surface area (Å²) < 4.78 is 19.3. The van der Waals surface area contributed by atoms with Gasteiger partial charge in [-0.2, -0.15) is 10.2 Å². The van der Waals surface area contributed by atoms with E-state index in [-0.39, 0.29) is 47.3 Å². The number of aliphatic hydroxyl groups excluding tert-OH is 1. The van der Waals surface area contributed by atoms with Crippen molar-refractivity contribution in [1.82, 2.24) is 20.6 Å². The summed E-state index contributed by atoms with van der Waals surface area (Å²) in [5.74, 6) is -1.48. The second-order valence-electron chi connectivity index (χ2n) is 13.2. The Labute approximate surface area is 281 Å². The summed E-state index contributed by atoms with van der Waals surface area (Å²) in [7, 11) is 0. The van der Waals surface area contributed by atoms with Crippen LogP contribution in [-0.4, -0.2) is 51.2 Å². The van der Waals surface area contributed by atoms with Gasteiger partial charge in [0.2, 0.25) is 35.2 Å². The van der Waals surface area contributed by atoms with Gasteiger partial charge in [-0.1, -0.05) is 58.0 Å². The van der Waals surface area contributed by atoms with Crippen molar-refractivity contribution in [2.45, 2.75) is 70.9 Å². The summed E-state index contributed by atoms with van der Waals surface area (Å²) in [6, 6.07) is 13.4. The molecule has 5 atom stereocenters. The molecular formula is C35H35N7O7. The number of carbonyl (C=O) groups is 3. The Morgan fingerprint density at radius 3 is 2.57 bits per heavy atom. The standard InChI is InChI=1S/C35H35N7O7/c1-15(2)25-32-42-26(33-39-23(14-36)31(49-33)37-17(5)43)28(48-32)35-19-8-6-7-9-21(19)40-34(35)47-24-11-10-18(12-20(24)35)13-22(29(45)41-25)38-30(46)27(44)16(3)4/h6-12,15-16,22,25,27,34,40,44H,13H2,1-5H3,(H,37,43)(H,38,46)(H,41,45)/t22-,25-,27-,34+,35?/m0/s1. The summed E-state index contributed by atoms with van der Waals surface area (Å²) in [4.78, 5) is 48.3. The Morgan fingerprint density at radius 1 is 1.08 bits per heavy atom. The van der Waals surface area contributed by atoms with Gasteiger partial charge in [-0.15, -0.1) is 0 Å². The van der Waals surface area contributed by atoms with Gasteiger partial charge in [-0.05, 0) is 35.1 Å². The molecule has 0 aliphatic carbocycles. The van der Waals surface area contributed by atoms with E-state index >= 15 is 0 Å². The van der Waals surface area contributed by atoms with Crippen LogP contribution in [0.4, 0.5) is 11.6 Å². The number of carbonyl (C=O) groups excluding carboxylic acids is 3. The summed E-state index contributed by atoms with van der Waals surface area (Å²) >= 11 is 0. The number of amides is 3. The SMILES string of the molecule is CC(=O)Nc1oc(-c2nc3oc2C24c5ccccc5N[C@@H]2Oc2ccc(cc24)C[C@H](NC(=O)[C@@H](O)C(C)C)C(=O)N[C@H]3C(C)C)nc1C#N. The van der Waals surface area contributed by atoms with Gasteiger partial charge in [0, 0.05) is 24.6 Å². The highest BCUT2D eigenvalue weighted by Crippen LogP contribution is 2.59. The molecule has 7 rings (SSSR count). The van der Waals surface area contributed by atoms with Crippen molar-refractivity contribution < 1.29 is 33.1 Å². The predicted molar refractivity (Wildman–Crippen MR) is 174 cm³/mol. The van der Waals surface area contributed by atoms with E-state index < -0.39 is 47.6 Å². The average molecular weight is 666 g/mol. The van der Waals surface area contributed by atoms with Gasteiger partial charge >= 0.3 is 0 Å². The molecule has 49 heavy (non-hydrogen) atoms. The number of nitriles is 1. The minimum Gasteiger partial charge on any atom is -0.469 e. The van der Waals surface area contributed by atoms with E-state index in [1.807, 2.05) is 62.4 Å². The maximum absolute atomic E-state index is 14.0. The highest BCUT2D eigenvalue weighted by Gasteiger charge is 2.61. The molecule has 0 fully saturated rings. The van der Waals surface area contributed by atoms with Crippen molar-refractivity contribution in [2.24, 2.45) is 11.8 Å². The number of rotatable bonds is 6. The van der Waals surface area contributed by atoms with Crippen LogP contribution in [-0.2, 0) is 26.2 Å². The number of para-hydroxylation sites is 1. The number of hydrogen-bond acceptors (Lipinski definition) is 11. The number of oxazole rings is 2. The molecule has 5 N–H and O–H groups in total. The number of nitrogens with zero attached hydrogens (tertiary/aromatic N) is 3. The lowest BCUT2D eigenvalue weighted by molar-refractivity contribution is -0.136. The summed E-state index contributed by atoms with van der Waals surface area (Å²) in [5, 5.41) is 32.1. The molecule has 2 aromatic heterocycles. The molecule has 0 saturated carbocycles. The van der Waals surface area contributed by atoms with Crippen molar-refractivity contribution in [3.63, 3.8) is 0 Å². The zero-order valence-electron chi connectivity index (χ0n) is 27.5. The first-order valence-electron chi connectivity index (χ1n) is 16.1. The molecule has 2 aromatic carbocycles. The van der Waals surface area contributed by atoms with Crippen LogP contribution in [0.25, 0.3) is 11.6 Å². The van der Waals surface area contributed by atoms with Crippen molar-refractivity contribution in [3.8, 4) is 23.4 Å². The zero-order valence-corrected chi connectivity index (χ0v) is 27.5. The summed E-state index contributed by atoms with van der Waals surface area (Å²) in [6.07, 6.45) is -1.91. The van der Waals surface area contributed by atoms with Crippen LogP contribution in [0.5, 0.6) is 5.75 Å². The maximum atomic E-state index is 14.0. The molecular weight excluding hydrogens is 630 g/mol. The van der Waals surface area contributed by atoms with Crippen LogP contribution >= 0.6 is 0 Å². The van der Waals surface area contributed by atoms with E-state index in [2.05, 4.69) is 26.3 Å². The van der Waals surface area contributed by atoms with E-state index in [0.29, 0.717) is 22.6 Å². The van der Waals surface area contributed by atoms with Crippen LogP contribution in [0.1, 0.15) is 74.7 Å². The molecule has 1 spiro atoms. The molecule has 252 valence electrons. The minimum absolute atomic E-state index is 0.0797. The number of aromatic nitrogens is 2. The van der Waals surface area contributed by atoms with Crippen molar-refractivity contribution >= 4 is 29.3 Å². The summed E-state index contributed by atoms with van der Waals surface area (Å²) in [6.45, 7) is 8.49. The Morgan fingerprint density at radius 2 is 1.86 bits per heavy atom. The van der Waals surface area contributed by atoms with E-state index in [0.717, 1.165) is 11.3 Å². The number of fused-ring (bicyclic) bond motifs is 4. The molecule has 0 saturated heterocycles. The number of hydrogen-bond donors (Lipinski definition) is 5. The van der Waals surface area contributed by atoms with Crippen LogP contribution in [0.2, 0.25) is 0 Å². The molecule has 3 amide bonds. The van der Waals surface area contributed by atoms with Gasteiger partial charge in [0.15, 0.2) is 17.7 Å². The molecule has 0 radical (unpaired) electrons. The van der Waals surface area contributed by atoms with Gasteiger partial charge in [-0.3, -0.25) is 19.7 Å². The van der Waals surface area contributed by atoms with E-state index in [9.17, 15) is 24.8 Å². The lowest BCUT2D eigenvalue weighted by Gasteiger charge is -2.29. The largest absolute Gasteiger partial charge is 0.469 e. The quantitative estimate of drug-likeness (QED) is 0.202. The van der Waals surface area contributed by atoms with E-state index in [4.69, 9.17) is 18.6 Å². The zero-order chi connectivity index (χ0) is 34.8. The third-order valence-electron chi connectivity index (χ3n) is 9.18. The van der Waals surface area contributed by atoms with Gasteiger partial charge in [0.05, 0.1) is 0 Å². The molecule has 1 unspecified atom stereocenters. The number of benzene rings is 2. The monoisotopic (exact) mass is 665 g/mol. The van der Waals surface area contributed by atoms with Crippen molar-refractivity contribution in [1.29, 1.82) is 5.26 Å². The minimum atomic E-state index is -1.31. The van der Waals surface area contributed by atoms with Crippen LogP contribution < -0.4 is 26.0 Å². The first-order chi connectivity index (χ1) is 23.4. The summed E-state index contributed by atoms with van der Waals surface area (Å²) in [5.41, 5.74) is 1.88. The topological polar surface area (TPSA) is 205 Å². The Bertz CT molecular complexity index is 2040. The van der Waals surface area contributed by atoms with Gasteiger partial charge in [-0.25, -0.2) is 4.98 Å². The number of anilines is 2. The Hall–Kier alpha value is -5.68. The lowest BCUT2D eigenvalue weighted by Crippen LogP contribution is -2.52. The van der Waals surface area contributed by atoms with Gasteiger partial charge in [0.25, 0.3) is 5.89 Å². The molecule has 4 bridgehead atoms. The van der Waals surface area contributed by atoms with Crippen molar-refractivity contribution in [3.05, 3.63) is 76.5 Å². The first kappa shape index (κ1) is 31.9.